The molecule has 1 heterocycles. The second-order valence-electron chi connectivity index (χ2n) is 4.42. The third-order valence-corrected chi connectivity index (χ3v) is 3.38. The zero-order valence-electron chi connectivity index (χ0n) is 11.2. The highest BCUT2D eigenvalue weighted by atomic mass is 79.9. The van der Waals surface area contributed by atoms with E-state index < -0.39 is 0 Å². The molecule has 0 amide bonds. The maximum absolute atomic E-state index is 5.71. The summed E-state index contributed by atoms with van der Waals surface area (Å²) in [5, 5.41) is 11.5. The number of rotatable bonds is 6. The minimum absolute atomic E-state index is 0.595. The Labute approximate surface area is 121 Å². The Bertz CT molecular complexity index is 539. The molecule has 2 rings (SSSR count). The fourth-order valence-electron chi connectivity index (χ4n) is 1.83. The molecule has 0 unspecified atom stereocenters. The molecule has 19 heavy (non-hydrogen) atoms. The van der Waals surface area contributed by atoms with E-state index in [1.54, 1.807) is 0 Å². The van der Waals surface area contributed by atoms with Crippen molar-refractivity contribution in [3.8, 4) is 11.5 Å². The van der Waals surface area contributed by atoms with Gasteiger partial charge >= 0.3 is 0 Å². The summed E-state index contributed by atoms with van der Waals surface area (Å²) in [7, 11) is 0. The van der Waals surface area contributed by atoms with Gasteiger partial charge in [0.15, 0.2) is 0 Å². The topological polar surface area (TPSA) is 51.0 Å². The lowest BCUT2D eigenvalue weighted by Crippen LogP contribution is -2.14. The first-order valence-corrected chi connectivity index (χ1v) is 7.29. The molecule has 0 radical (unpaired) electrons. The summed E-state index contributed by atoms with van der Waals surface area (Å²) < 4.78 is 6.73. The van der Waals surface area contributed by atoms with Crippen LogP contribution in [0.5, 0.6) is 0 Å². The van der Waals surface area contributed by atoms with Crippen LogP contribution in [-0.4, -0.2) is 23.3 Å². The van der Waals surface area contributed by atoms with Crippen molar-refractivity contribution < 1.29 is 4.42 Å². The van der Waals surface area contributed by atoms with Crippen LogP contribution in [0.4, 0.5) is 0 Å². The van der Waals surface area contributed by atoms with E-state index in [9.17, 15) is 0 Å². The largest absolute Gasteiger partial charge is 0.421 e. The van der Waals surface area contributed by atoms with E-state index in [1.807, 2.05) is 25.1 Å². The van der Waals surface area contributed by atoms with Crippen molar-refractivity contribution in [3.63, 3.8) is 0 Å². The van der Waals surface area contributed by atoms with Crippen LogP contribution < -0.4 is 5.32 Å². The maximum Gasteiger partial charge on any atom is 0.248 e. The Kier molecular flexibility index (Phi) is 5.10. The third kappa shape index (κ3) is 3.88. The number of halogens is 1. The van der Waals surface area contributed by atoms with E-state index in [4.69, 9.17) is 4.42 Å². The lowest BCUT2D eigenvalue weighted by molar-refractivity contribution is 0.492. The predicted molar refractivity (Wildman–Crippen MR) is 79.0 cm³/mol. The summed E-state index contributed by atoms with van der Waals surface area (Å²) in [4.78, 5) is 0. The summed E-state index contributed by atoms with van der Waals surface area (Å²) >= 11 is 3.46. The monoisotopic (exact) mass is 323 g/mol. The molecule has 0 aliphatic rings. The fraction of sp³-hybridized carbons (Fsp3) is 0.429. The molecule has 0 aliphatic carbocycles. The summed E-state index contributed by atoms with van der Waals surface area (Å²) in [5.41, 5.74) is 2.12. The van der Waals surface area contributed by atoms with Crippen LogP contribution in [0.1, 0.15) is 24.8 Å². The van der Waals surface area contributed by atoms with Crippen molar-refractivity contribution >= 4 is 15.9 Å². The molecule has 4 nitrogen and oxygen atoms in total. The number of nitrogens with one attached hydrogen (secondary N) is 1. The average molecular weight is 324 g/mol. The van der Waals surface area contributed by atoms with Gasteiger partial charge in [-0.15, -0.1) is 10.2 Å². The number of aromatic nitrogens is 2. The van der Waals surface area contributed by atoms with Crippen LogP contribution in [0, 0.1) is 6.92 Å². The first-order valence-electron chi connectivity index (χ1n) is 6.50. The van der Waals surface area contributed by atoms with Gasteiger partial charge in [-0.3, -0.25) is 0 Å². The molecule has 0 saturated heterocycles. The second-order valence-corrected chi connectivity index (χ2v) is 5.33. The van der Waals surface area contributed by atoms with E-state index in [0.717, 1.165) is 41.5 Å². The smallest absolute Gasteiger partial charge is 0.248 e. The minimum atomic E-state index is 0.595. The Hall–Kier alpha value is -1.20. The molecule has 102 valence electrons. The van der Waals surface area contributed by atoms with Gasteiger partial charge in [0, 0.05) is 16.5 Å². The molecule has 0 atom stereocenters. The Morgan fingerprint density at radius 1 is 1.32 bits per heavy atom. The van der Waals surface area contributed by atoms with Crippen LogP contribution in [0.3, 0.4) is 0 Å². The van der Waals surface area contributed by atoms with Gasteiger partial charge < -0.3 is 9.73 Å². The van der Waals surface area contributed by atoms with Crippen LogP contribution in [0.15, 0.2) is 27.1 Å². The van der Waals surface area contributed by atoms with Gasteiger partial charge in [-0.1, -0.05) is 28.9 Å². The third-order valence-electron chi connectivity index (χ3n) is 2.89. The van der Waals surface area contributed by atoms with Crippen molar-refractivity contribution in [3.05, 3.63) is 34.1 Å². The summed E-state index contributed by atoms with van der Waals surface area (Å²) in [6.07, 6.45) is 1.82. The first-order chi connectivity index (χ1) is 9.20. The normalized spacial score (nSPS) is 10.9. The van der Waals surface area contributed by atoms with Crippen molar-refractivity contribution in [2.45, 2.75) is 26.7 Å². The molecule has 1 N–H and O–H groups in total. The van der Waals surface area contributed by atoms with Gasteiger partial charge in [-0.25, -0.2) is 0 Å². The highest BCUT2D eigenvalue weighted by molar-refractivity contribution is 9.10. The number of hydrogen-bond donors (Lipinski definition) is 1. The summed E-state index contributed by atoms with van der Waals surface area (Å²) in [6.45, 7) is 6.11. The molecule has 5 heteroatoms. The number of nitrogens with zero attached hydrogens (tertiary/aromatic N) is 2. The quantitative estimate of drug-likeness (QED) is 0.828. The van der Waals surface area contributed by atoms with Crippen LogP contribution in [0.2, 0.25) is 0 Å². The molecule has 0 spiro atoms. The highest BCUT2D eigenvalue weighted by Crippen LogP contribution is 2.25. The lowest BCUT2D eigenvalue weighted by Gasteiger charge is -2.01. The Morgan fingerprint density at radius 3 is 2.95 bits per heavy atom. The number of hydrogen-bond acceptors (Lipinski definition) is 4. The van der Waals surface area contributed by atoms with Crippen molar-refractivity contribution in [2.75, 3.05) is 13.1 Å². The molecule has 2 aromatic rings. The highest BCUT2D eigenvalue weighted by Gasteiger charge is 2.11. The molecular formula is C14H18BrN3O. The van der Waals surface area contributed by atoms with Gasteiger partial charge in [0.05, 0.1) is 0 Å². The summed E-state index contributed by atoms with van der Waals surface area (Å²) in [6, 6.07) is 6.05. The molecule has 0 bridgehead atoms. The van der Waals surface area contributed by atoms with Crippen LogP contribution in [0.25, 0.3) is 11.5 Å². The fourth-order valence-corrected chi connectivity index (χ4v) is 2.19. The lowest BCUT2D eigenvalue weighted by atomic mass is 10.1. The van der Waals surface area contributed by atoms with Crippen LogP contribution in [-0.2, 0) is 6.42 Å². The van der Waals surface area contributed by atoms with Gasteiger partial charge in [-0.05, 0) is 44.1 Å². The zero-order valence-corrected chi connectivity index (χ0v) is 12.8. The van der Waals surface area contributed by atoms with E-state index in [2.05, 4.69) is 38.4 Å². The van der Waals surface area contributed by atoms with Gasteiger partial charge in [0.25, 0.3) is 0 Å². The van der Waals surface area contributed by atoms with Crippen molar-refractivity contribution in [2.24, 2.45) is 0 Å². The zero-order chi connectivity index (χ0) is 13.7. The second kappa shape index (κ2) is 6.82. The molecule has 0 fully saturated rings. The van der Waals surface area contributed by atoms with Crippen molar-refractivity contribution in [1.82, 2.24) is 15.5 Å². The molecule has 0 aliphatic heterocycles. The Morgan fingerprint density at radius 2 is 2.16 bits per heavy atom. The van der Waals surface area contributed by atoms with Gasteiger partial charge in [-0.2, -0.15) is 0 Å². The molecule has 1 aromatic heterocycles. The summed E-state index contributed by atoms with van der Waals surface area (Å²) in [5.74, 6) is 1.30. The van der Waals surface area contributed by atoms with E-state index in [1.165, 1.54) is 0 Å². The SMILES string of the molecule is CCNCCCc1nnc(-c2cc(Br)ccc2C)o1. The average Bonchev–Trinajstić information content (AvgIpc) is 2.86. The molecule has 1 aromatic carbocycles. The Balaban J connectivity index is 2.06. The van der Waals surface area contributed by atoms with Crippen molar-refractivity contribution in [1.29, 1.82) is 0 Å². The van der Waals surface area contributed by atoms with Crippen LogP contribution >= 0.6 is 15.9 Å². The number of benzene rings is 1. The number of aryl methyl sites for hydroxylation is 2. The van der Waals surface area contributed by atoms with Gasteiger partial charge in [0.2, 0.25) is 11.8 Å². The van der Waals surface area contributed by atoms with Gasteiger partial charge in [0.1, 0.15) is 0 Å². The molecular weight excluding hydrogens is 306 g/mol. The molecule has 0 saturated carbocycles. The van der Waals surface area contributed by atoms with E-state index >= 15 is 0 Å². The predicted octanol–water partition coefficient (Wildman–Crippen LogP) is 3.35. The standard InChI is InChI=1S/C14H18BrN3O/c1-3-16-8-4-5-13-17-18-14(19-13)12-9-11(15)7-6-10(12)2/h6-7,9,16H,3-5,8H2,1-2H3. The first kappa shape index (κ1) is 14.2. The van der Waals surface area contributed by atoms with E-state index in [0.29, 0.717) is 11.8 Å². The van der Waals surface area contributed by atoms with E-state index in [-0.39, 0.29) is 0 Å². The maximum atomic E-state index is 5.71. The minimum Gasteiger partial charge on any atom is -0.421 e.